The van der Waals surface area contributed by atoms with Crippen LogP contribution in [0, 0.1) is 30.5 Å². The SMILES string of the molecule is Cc1c(F)cccc1C12CC(C3CCCNC3)C(CCN(C)S(C)(=O)=O)(CC1C(=O)c1cccc(O)c1)N2C=O. The van der Waals surface area contributed by atoms with Gasteiger partial charge < -0.3 is 15.3 Å². The van der Waals surface area contributed by atoms with Gasteiger partial charge in [0.2, 0.25) is 16.4 Å². The number of piperidine rings is 1. The summed E-state index contributed by atoms with van der Waals surface area (Å²) in [4.78, 5) is 29.3. The van der Waals surface area contributed by atoms with Gasteiger partial charge in [-0.25, -0.2) is 17.1 Å². The molecule has 3 heterocycles. The van der Waals surface area contributed by atoms with Gasteiger partial charge >= 0.3 is 0 Å². The Kier molecular flexibility index (Phi) is 7.56. The molecule has 3 fully saturated rings. The number of aromatic hydroxyl groups is 1. The standard InChI is InChI=1S/C30H38FN3O5S/c1-20-24(10-5-11-27(20)31)30-17-25(22-8-6-13-32-18-22)29(34(30)19-35,12-14-33(2)40(3,38)39)16-26(30)28(37)21-7-4-9-23(36)15-21/h4-5,7,9-11,15,19,22,25-26,32,36H,6,8,12-14,16-18H2,1-3H3. The van der Waals surface area contributed by atoms with E-state index in [4.69, 9.17) is 0 Å². The third kappa shape index (κ3) is 4.54. The number of phenolic OH excluding ortho intramolecular Hbond substituents is 1. The maximum Gasteiger partial charge on any atom is 0.210 e. The van der Waals surface area contributed by atoms with Gasteiger partial charge in [0, 0.05) is 24.7 Å². The molecule has 3 aliphatic rings. The van der Waals surface area contributed by atoms with Gasteiger partial charge in [0.25, 0.3) is 0 Å². The number of fused-ring (bicyclic) bond motifs is 2. The van der Waals surface area contributed by atoms with Crippen molar-refractivity contribution in [3.8, 4) is 5.75 Å². The van der Waals surface area contributed by atoms with E-state index in [1.165, 1.54) is 29.6 Å². The highest BCUT2D eigenvalue weighted by atomic mass is 32.2. The minimum Gasteiger partial charge on any atom is -0.508 e. The van der Waals surface area contributed by atoms with Crippen molar-refractivity contribution in [1.29, 1.82) is 0 Å². The van der Waals surface area contributed by atoms with Crippen molar-refractivity contribution in [2.24, 2.45) is 17.8 Å². The number of nitrogens with one attached hydrogen (secondary N) is 1. The van der Waals surface area contributed by atoms with Crippen LogP contribution >= 0.6 is 0 Å². The van der Waals surface area contributed by atoms with Crippen molar-refractivity contribution in [1.82, 2.24) is 14.5 Å². The van der Waals surface area contributed by atoms with E-state index in [1.807, 2.05) is 6.07 Å². The Labute approximate surface area is 235 Å². The molecule has 5 rings (SSSR count). The molecule has 0 spiro atoms. The average molecular weight is 572 g/mol. The zero-order valence-electron chi connectivity index (χ0n) is 23.3. The third-order valence-corrected chi connectivity index (χ3v) is 11.2. The van der Waals surface area contributed by atoms with Crippen LogP contribution < -0.4 is 5.32 Å². The molecule has 216 valence electrons. The number of Topliss-reactive ketones (excluding diaryl/α,β-unsaturated/α-hetero) is 1. The van der Waals surface area contributed by atoms with Crippen LogP contribution in [-0.2, 0) is 20.4 Å². The van der Waals surface area contributed by atoms with Crippen molar-refractivity contribution in [2.75, 3.05) is 32.9 Å². The lowest BCUT2D eigenvalue weighted by Crippen LogP contribution is -2.52. The highest BCUT2D eigenvalue weighted by Gasteiger charge is 2.72. The number of benzene rings is 2. The van der Waals surface area contributed by atoms with E-state index >= 15 is 4.39 Å². The predicted octanol–water partition coefficient (Wildman–Crippen LogP) is 3.44. The first-order valence-corrected chi connectivity index (χ1v) is 15.8. The van der Waals surface area contributed by atoms with E-state index in [1.54, 1.807) is 30.0 Å². The Balaban J connectivity index is 1.70. The van der Waals surface area contributed by atoms with Crippen molar-refractivity contribution < 1.29 is 27.5 Å². The maximum atomic E-state index is 15.1. The van der Waals surface area contributed by atoms with Crippen LogP contribution in [-0.4, -0.2) is 73.4 Å². The molecule has 5 atom stereocenters. The van der Waals surface area contributed by atoms with Crippen LogP contribution in [0.25, 0.3) is 0 Å². The van der Waals surface area contributed by atoms with Gasteiger partial charge in [-0.1, -0.05) is 24.3 Å². The number of phenols is 1. The summed E-state index contributed by atoms with van der Waals surface area (Å²) in [5.74, 6) is -1.16. The number of amides is 1. The topological polar surface area (TPSA) is 107 Å². The summed E-state index contributed by atoms with van der Waals surface area (Å²) in [5, 5.41) is 13.6. The Hall–Kier alpha value is -2.82. The van der Waals surface area contributed by atoms with E-state index in [2.05, 4.69) is 5.32 Å². The number of hydrogen-bond donors (Lipinski definition) is 2. The highest BCUT2D eigenvalue weighted by Crippen LogP contribution is 2.67. The number of halogens is 1. The van der Waals surface area contributed by atoms with Crippen LogP contribution in [0.5, 0.6) is 5.75 Å². The summed E-state index contributed by atoms with van der Waals surface area (Å²) < 4.78 is 41.1. The lowest BCUT2D eigenvalue weighted by atomic mass is 9.59. The monoisotopic (exact) mass is 571 g/mol. The first-order valence-electron chi connectivity index (χ1n) is 13.9. The molecule has 0 radical (unpaired) electrons. The summed E-state index contributed by atoms with van der Waals surface area (Å²) in [6.07, 6.45) is 5.06. The number of nitrogens with zero attached hydrogens (tertiary/aromatic N) is 2. The summed E-state index contributed by atoms with van der Waals surface area (Å²) in [6.45, 7) is 3.55. The molecule has 0 aliphatic carbocycles. The van der Waals surface area contributed by atoms with Crippen molar-refractivity contribution >= 4 is 22.2 Å². The van der Waals surface area contributed by atoms with Crippen LogP contribution in [0.15, 0.2) is 42.5 Å². The average Bonchev–Trinajstić information content (AvgIpc) is 3.38. The molecule has 1 amide bonds. The summed E-state index contributed by atoms with van der Waals surface area (Å²) in [6, 6.07) is 11.0. The highest BCUT2D eigenvalue weighted by molar-refractivity contribution is 7.88. The Morgan fingerprint density at radius 1 is 1.25 bits per heavy atom. The van der Waals surface area contributed by atoms with Crippen LogP contribution in [0.3, 0.4) is 0 Å². The second-order valence-corrected chi connectivity index (χ2v) is 13.9. The molecule has 2 aromatic carbocycles. The number of carbonyl (C=O) groups is 2. The molecular formula is C30H38FN3O5S. The van der Waals surface area contributed by atoms with Gasteiger partial charge in [-0.3, -0.25) is 9.59 Å². The molecule has 10 heteroatoms. The first kappa shape index (κ1) is 28.7. The molecule has 2 N–H and O–H groups in total. The van der Waals surface area contributed by atoms with E-state index in [0.29, 0.717) is 36.0 Å². The Morgan fingerprint density at radius 3 is 2.65 bits per heavy atom. The molecule has 5 unspecified atom stereocenters. The van der Waals surface area contributed by atoms with Crippen LogP contribution in [0.1, 0.15) is 53.6 Å². The Bertz CT molecular complexity index is 1410. The van der Waals surface area contributed by atoms with E-state index in [9.17, 15) is 23.1 Å². The number of hydrogen-bond acceptors (Lipinski definition) is 6. The number of ketones is 1. The molecule has 2 aromatic rings. The van der Waals surface area contributed by atoms with Gasteiger partial charge in [-0.2, -0.15) is 0 Å². The second-order valence-electron chi connectivity index (χ2n) is 11.8. The zero-order chi connectivity index (χ0) is 28.9. The minimum atomic E-state index is -3.47. The van der Waals surface area contributed by atoms with Gasteiger partial charge in [0.15, 0.2) is 5.78 Å². The van der Waals surface area contributed by atoms with Crippen molar-refractivity contribution in [3.63, 3.8) is 0 Å². The predicted molar refractivity (Wildman–Crippen MR) is 150 cm³/mol. The second kappa shape index (κ2) is 10.5. The van der Waals surface area contributed by atoms with E-state index < -0.39 is 32.8 Å². The van der Waals surface area contributed by atoms with Crippen LogP contribution in [0.4, 0.5) is 4.39 Å². The van der Waals surface area contributed by atoms with Gasteiger partial charge in [0.05, 0.1) is 17.7 Å². The maximum absolute atomic E-state index is 15.1. The first-order chi connectivity index (χ1) is 19.0. The number of sulfonamides is 1. The fourth-order valence-corrected chi connectivity index (χ4v) is 8.33. The molecule has 40 heavy (non-hydrogen) atoms. The molecule has 2 bridgehead atoms. The van der Waals surface area contributed by atoms with Gasteiger partial charge in [0.1, 0.15) is 11.6 Å². The fourth-order valence-electron chi connectivity index (χ4n) is 7.91. The lowest BCUT2D eigenvalue weighted by Gasteiger charge is -2.44. The molecular weight excluding hydrogens is 533 g/mol. The van der Waals surface area contributed by atoms with Crippen molar-refractivity contribution in [3.05, 3.63) is 65.0 Å². The van der Waals surface area contributed by atoms with Gasteiger partial charge in [-0.15, -0.1) is 0 Å². The minimum absolute atomic E-state index is 0.0191. The molecule has 3 aliphatic heterocycles. The lowest BCUT2D eigenvalue weighted by molar-refractivity contribution is -0.126. The molecule has 0 saturated carbocycles. The van der Waals surface area contributed by atoms with Crippen LogP contribution in [0.2, 0.25) is 0 Å². The number of rotatable bonds is 9. The third-order valence-electron chi connectivity index (χ3n) is 9.88. The smallest absolute Gasteiger partial charge is 0.210 e. The summed E-state index contributed by atoms with van der Waals surface area (Å²) >= 11 is 0. The van der Waals surface area contributed by atoms with E-state index in [0.717, 1.165) is 38.6 Å². The fraction of sp³-hybridized carbons (Fsp3) is 0.533. The van der Waals surface area contributed by atoms with Gasteiger partial charge in [-0.05, 0) is 93.3 Å². The normalized spacial score (nSPS) is 30.1. The zero-order valence-corrected chi connectivity index (χ0v) is 24.1. The van der Waals surface area contributed by atoms with Crippen molar-refractivity contribution in [2.45, 2.75) is 50.1 Å². The largest absolute Gasteiger partial charge is 0.508 e. The molecule has 8 nitrogen and oxygen atoms in total. The number of carbonyl (C=O) groups excluding carboxylic acids is 2. The Morgan fingerprint density at radius 2 is 2.00 bits per heavy atom. The molecule has 0 aromatic heterocycles. The quantitative estimate of drug-likeness (QED) is 0.353. The van der Waals surface area contributed by atoms with E-state index in [-0.39, 0.29) is 29.9 Å². The molecule has 3 saturated heterocycles. The summed E-state index contributed by atoms with van der Waals surface area (Å²) in [5.41, 5.74) is -0.573. The summed E-state index contributed by atoms with van der Waals surface area (Å²) in [7, 11) is -1.94.